The Hall–Kier alpha value is -1.02. The van der Waals surface area contributed by atoms with Gasteiger partial charge in [0.25, 0.3) is 0 Å². The molecule has 2 aliphatic rings. The molecule has 0 aromatic heterocycles. The number of benzene rings is 1. The highest BCUT2D eigenvalue weighted by Gasteiger charge is 2.36. The summed E-state index contributed by atoms with van der Waals surface area (Å²) in [6.07, 6.45) is 6.56. The zero-order valence-electron chi connectivity index (χ0n) is 11.3. The van der Waals surface area contributed by atoms with E-state index in [4.69, 9.17) is 5.73 Å². The van der Waals surface area contributed by atoms with Crippen molar-refractivity contribution in [3.8, 4) is 0 Å². The van der Waals surface area contributed by atoms with Crippen molar-refractivity contribution in [1.82, 2.24) is 0 Å². The maximum Gasteiger partial charge on any atom is 0.0404 e. The fourth-order valence-corrected chi connectivity index (χ4v) is 3.92. The van der Waals surface area contributed by atoms with Crippen molar-refractivity contribution in [3.05, 3.63) is 29.8 Å². The van der Waals surface area contributed by atoms with Crippen LogP contribution in [-0.4, -0.2) is 18.6 Å². The van der Waals surface area contributed by atoms with Crippen LogP contribution in [0.5, 0.6) is 0 Å². The second-order valence-corrected chi connectivity index (χ2v) is 5.94. The first-order valence-electron chi connectivity index (χ1n) is 7.37. The van der Waals surface area contributed by atoms with Gasteiger partial charge in [0, 0.05) is 17.8 Å². The lowest BCUT2D eigenvalue weighted by Crippen LogP contribution is -2.47. The quantitative estimate of drug-likeness (QED) is 0.866. The lowest BCUT2D eigenvalue weighted by Gasteiger charge is -2.41. The minimum atomic E-state index is 0.638. The normalized spacial score (nSPS) is 31.4. The standard InChI is InChI=1S/C16H24N2/c1-12-10-13-6-2-4-8-15(13)18(12)16-9-5-3-7-14(16)11-17/h2,4,6,8,12,14,16H,3,5,7,9-11,17H2,1H3. The summed E-state index contributed by atoms with van der Waals surface area (Å²) in [5.74, 6) is 0.687. The summed E-state index contributed by atoms with van der Waals surface area (Å²) >= 11 is 0. The largest absolute Gasteiger partial charge is 0.365 e. The molecule has 1 fully saturated rings. The number of fused-ring (bicyclic) bond motifs is 1. The van der Waals surface area contributed by atoms with E-state index >= 15 is 0 Å². The third-order valence-corrected chi connectivity index (χ3v) is 4.79. The second-order valence-electron chi connectivity index (χ2n) is 5.94. The number of rotatable bonds is 2. The van der Waals surface area contributed by atoms with Crippen LogP contribution >= 0.6 is 0 Å². The predicted octanol–water partition coefficient (Wildman–Crippen LogP) is 2.96. The molecule has 1 aliphatic carbocycles. The molecule has 1 aromatic rings. The highest BCUT2D eigenvalue weighted by molar-refractivity contribution is 5.60. The molecule has 0 radical (unpaired) electrons. The van der Waals surface area contributed by atoms with Crippen molar-refractivity contribution in [3.63, 3.8) is 0 Å². The Morgan fingerprint density at radius 1 is 1.22 bits per heavy atom. The molecule has 0 bridgehead atoms. The minimum absolute atomic E-state index is 0.638. The SMILES string of the molecule is CC1Cc2ccccc2N1C1CCCCC1CN. The van der Waals surface area contributed by atoms with Crippen LogP contribution in [0.3, 0.4) is 0 Å². The number of anilines is 1. The van der Waals surface area contributed by atoms with Crippen molar-refractivity contribution in [1.29, 1.82) is 0 Å². The molecule has 1 heterocycles. The van der Waals surface area contributed by atoms with E-state index in [1.54, 1.807) is 0 Å². The van der Waals surface area contributed by atoms with E-state index < -0.39 is 0 Å². The predicted molar refractivity (Wildman–Crippen MR) is 76.9 cm³/mol. The van der Waals surface area contributed by atoms with Crippen molar-refractivity contribution in [2.24, 2.45) is 11.7 Å². The molecule has 2 nitrogen and oxygen atoms in total. The van der Waals surface area contributed by atoms with Gasteiger partial charge in [-0.2, -0.15) is 0 Å². The molecule has 18 heavy (non-hydrogen) atoms. The molecule has 1 aromatic carbocycles. The molecule has 0 amide bonds. The molecule has 0 saturated heterocycles. The lowest BCUT2D eigenvalue weighted by atomic mass is 9.83. The van der Waals surface area contributed by atoms with Crippen LogP contribution < -0.4 is 10.6 Å². The Morgan fingerprint density at radius 2 is 2.00 bits per heavy atom. The Bertz CT molecular complexity index is 415. The fraction of sp³-hybridized carbons (Fsp3) is 0.625. The molecule has 98 valence electrons. The van der Waals surface area contributed by atoms with Gasteiger partial charge in [-0.15, -0.1) is 0 Å². The van der Waals surface area contributed by atoms with Gasteiger partial charge < -0.3 is 10.6 Å². The number of nitrogens with two attached hydrogens (primary N) is 1. The molecule has 2 N–H and O–H groups in total. The van der Waals surface area contributed by atoms with Crippen LogP contribution in [0.25, 0.3) is 0 Å². The van der Waals surface area contributed by atoms with Crippen molar-refractivity contribution < 1.29 is 0 Å². The third kappa shape index (κ3) is 1.93. The molecular formula is C16H24N2. The van der Waals surface area contributed by atoms with Gasteiger partial charge in [-0.1, -0.05) is 31.0 Å². The van der Waals surface area contributed by atoms with Gasteiger partial charge in [-0.25, -0.2) is 0 Å². The van der Waals surface area contributed by atoms with E-state index in [0.29, 0.717) is 18.0 Å². The number of hydrogen-bond donors (Lipinski definition) is 1. The molecule has 3 atom stereocenters. The Labute approximate surface area is 110 Å². The first-order chi connectivity index (χ1) is 8.81. The van der Waals surface area contributed by atoms with Crippen molar-refractivity contribution >= 4 is 5.69 Å². The topological polar surface area (TPSA) is 29.3 Å². The number of hydrogen-bond acceptors (Lipinski definition) is 2. The molecule has 3 rings (SSSR count). The lowest BCUT2D eigenvalue weighted by molar-refractivity contribution is 0.291. The smallest absolute Gasteiger partial charge is 0.0404 e. The van der Waals surface area contributed by atoms with E-state index in [0.717, 1.165) is 6.54 Å². The van der Waals surface area contributed by atoms with Crippen LogP contribution in [0.15, 0.2) is 24.3 Å². The Morgan fingerprint density at radius 3 is 2.83 bits per heavy atom. The van der Waals surface area contributed by atoms with Gasteiger partial charge >= 0.3 is 0 Å². The molecule has 1 aliphatic heterocycles. The highest BCUT2D eigenvalue weighted by Crippen LogP contribution is 2.39. The van der Waals surface area contributed by atoms with E-state index in [1.165, 1.54) is 43.4 Å². The average molecular weight is 244 g/mol. The van der Waals surface area contributed by atoms with Gasteiger partial charge in [-0.05, 0) is 50.3 Å². The molecule has 1 saturated carbocycles. The first-order valence-corrected chi connectivity index (χ1v) is 7.37. The van der Waals surface area contributed by atoms with E-state index in [9.17, 15) is 0 Å². The summed E-state index contributed by atoms with van der Waals surface area (Å²) in [5, 5.41) is 0. The number of para-hydroxylation sites is 1. The minimum Gasteiger partial charge on any atom is -0.365 e. The number of nitrogens with zero attached hydrogens (tertiary/aromatic N) is 1. The van der Waals surface area contributed by atoms with Crippen LogP contribution in [0.4, 0.5) is 5.69 Å². The summed E-state index contributed by atoms with van der Waals surface area (Å²) in [5.41, 5.74) is 8.99. The van der Waals surface area contributed by atoms with E-state index in [2.05, 4.69) is 36.1 Å². The van der Waals surface area contributed by atoms with Crippen LogP contribution in [0.1, 0.15) is 38.2 Å². The highest BCUT2D eigenvalue weighted by atomic mass is 15.2. The van der Waals surface area contributed by atoms with Gasteiger partial charge in [0.05, 0.1) is 0 Å². The first kappa shape index (κ1) is 12.0. The zero-order chi connectivity index (χ0) is 12.5. The Kier molecular flexibility index (Phi) is 3.29. The second kappa shape index (κ2) is 4.93. The summed E-state index contributed by atoms with van der Waals surface area (Å²) < 4.78 is 0. The zero-order valence-corrected chi connectivity index (χ0v) is 11.3. The van der Waals surface area contributed by atoms with Crippen molar-refractivity contribution in [2.75, 3.05) is 11.4 Å². The van der Waals surface area contributed by atoms with Gasteiger partial charge in [0.2, 0.25) is 0 Å². The van der Waals surface area contributed by atoms with Gasteiger partial charge in [-0.3, -0.25) is 0 Å². The molecule has 3 unspecified atom stereocenters. The summed E-state index contributed by atoms with van der Waals surface area (Å²) in [6.45, 7) is 3.21. The summed E-state index contributed by atoms with van der Waals surface area (Å²) in [4.78, 5) is 2.67. The van der Waals surface area contributed by atoms with Gasteiger partial charge in [0.1, 0.15) is 0 Å². The average Bonchev–Trinajstić information content (AvgIpc) is 2.74. The molecule has 2 heteroatoms. The van der Waals surface area contributed by atoms with E-state index in [1.807, 2.05) is 0 Å². The summed E-state index contributed by atoms with van der Waals surface area (Å²) in [7, 11) is 0. The van der Waals surface area contributed by atoms with Crippen molar-refractivity contribution in [2.45, 2.75) is 51.1 Å². The van der Waals surface area contributed by atoms with E-state index in [-0.39, 0.29) is 0 Å². The van der Waals surface area contributed by atoms with Gasteiger partial charge in [0.15, 0.2) is 0 Å². The maximum absolute atomic E-state index is 6.00. The molecular weight excluding hydrogens is 220 g/mol. The van der Waals surface area contributed by atoms with Crippen LogP contribution in [0, 0.1) is 5.92 Å². The molecule has 0 spiro atoms. The Balaban J connectivity index is 1.91. The van der Waals surface area contributed by atoms with Crippen LogP contribution in [-0.2, 0) is 6.42 Å². The third-order valence-electron chi connectivity index (χ3n) is 4.79. The fourth-order valence-electron chi connectivity index (χ4n) is 3.92. The van der Waals surface area contributed by atoms with Crippen LogP contribution in [0.2, 0.25) is 0 Å². The monoisotopic (exact) mass is 244 g/mol. The summed E-state index contributed by atoms with van der Waals surface area (Å²) in [6, 6.07) is 10.2. The maximum atomic E-state index is 6.00.